The number of hydrogen-bond donors (Lipinski definition) is 5. The second kappa shape index (κ2) is 8.88. The Balaban J connectivity index is 1.08. The Bertz CT molecular complexity index is 1260. The predicted molar refractivity (Wildman–Crippen MR) is 159 cm³/mol. The average Bonchev–Trinajstić information content (AvgIpc) is 3.81. The van der Waals surface area contributed by atoms with E-state index in [0.29, 0.717) is 5.92 Å². The molecule has 0 bridgehead atoms. The van der Waals surface area contributed by atoms with E-state index in [-0.39, 0.29) is 57.7 Å². The van der Waals surface area contributed by atoms with Crippen molar-refractivity contribution < 1.29 is 44.5 Å². The summed E-state index contributed by atoms with van der Waals surface area (Å²) in [4.78, 5) is 0. The summed E-state index contributed by atoms with van der Waals surface area (Å²) >= 11 is 0. The van der Waals surface area contributed by atoms with Crippen LogP contribution in [-0.2, 0) is 18.9 Å². The zero-order valence-electron chi connectivity index (χ0n) is 27.5. The molecule has 8 rings (SSSR count). The van der Waals surface area contributed by atoms with Crippen LogP contribution < -0.4 is 0 Å². The van der Waals surface area contributed by atoms with Gasteiger partial charge in [0.25, 0.3) is 0 Å². The average molecular weight is 619 g/mol. The molecule has 5 aliphatic carbocycles. The topological polar surface area (TPSA) is 141 Å². The van der Waals surface area contributed by atoms with Gasteiger partial charge in [0.2, 0.25) is 5.79 Å². The van der Waals surface area contributed by atoms with Gasteiger partial charge in [0.1, 0.15) is 30.5 Å². The number of aliphatic hydroxyl groups is 5. The summed E-state index contributed by atoms with van der Waals surface area (Å²) in [6, 6.07) is 0. The molecular formula is C35H54O9. The molecule has 9 heteroatoms. The minimum atomic E-state index is -1.28. The molecule has 248 valence electrons. The number of ether oxygens (including phenoxy) is 4. The van der Waals surface area contributed by atoms with Gasteiger partial charge in [-0.2, -0.15) is 0 Å². The number of aliphatic hydroxyl groups excluding tert-OH is 4. The molecule has 0 aromatic rings. The van der Waals surface area contributed by atoms with E-state index < -0.39 is 48.2 Å². The van der Waals surface area contributed by atoms with Gasteiger partial charge in [-0.3, -0.25) is 0 Å². The van der Waals surface area contributed by atoms with E-state index in [1.807, 2.05) is 0 Å². The molecule has 3 aliphatic heterocycles. The van der Waals surface area contributed by atoms with Crippen molar-refractivity contribution in [2.24, 2.45) is 44.8 Å². The molecule has 9 nitrogen and oxygen atoms in total. The normalized spacial score (nSPS) is 60.4. The third kappa shape index (κ3) is 3.47. The summed E-state index contributed by atoms with van der Waals surface area (Å²) in [5.41, 5.74) is 0.701. The van der Waals surface area contributed by atoms with E-state index >= 15 is 0 Å². The lowest BCUT2D eigenvalue weighted by Crippen LogP contribution is -2.59. The third-order valence-corrected chi connectivity index (χ3v) is 15.3. The molecule has 8 aliphatic rings. The van der Waals surface area contributed by atoms with Crippen LogP contribution in [0.15, 0.2) is 11.6 Å². The van der Waals surface area contributed by atoms with Gasteiger partial charge < -0.3 is 44.5 Å². The number of epoxide rings is 1. The lowest BCUT2D eigenvalue weighted by atomic mass is 9.45. The van der Waals surface area contributed by atoms with Gasteiger partial charge in [-0.25, -0.2) is 0 Å². The Kier molecular flexibility index (Phi) is 6.20. The van der Waals surface area contributed by atoms with E-state index in [1.54, 1.807) is 19.4 Å². The lowest BCUT2D eigenvalue weighted by Gasteiger charge is -2.60. The highest BCUT2D eigenvalue weighted by Gasteiger charge is 2.83. The molecular weight excluding hydrogens is 564 g/mol. The quantitative estimate of drug-likeness (QED) is 0.238. The van der Waals surface area contributed by atoms with Crippen molar-refractivity contribution in [3.63, 3.8) is 0 Å². The fourth-order valence-electron chi connectivity index (χ4n) is 12.9. The van der Waals surface area contributed by atoms with Gasteiger partial charge in [0, 0.05) is 0 Å². The van der Waals surface area contributed by atoms with Crippen molar-refractivity contribution in [3.8, 4) is 0 Å². The van der Waals surface area contributed by atoms with Crippen LogP contribution in [0.4, 0.5) is 0 Å². The maximum atomic E-state index is 11.6. The van der Waals surface area contributed by atoms with Crippen LogP contribution in [0, 0.1) is 44.8 Å². The van der Waals surface area contributed by atoms with Gasteiger partial charge in [-0.15, -0.1) is 0 Å². The summed E-state index contributed by atoms with van der Waals surface area (Å²) in [5.74, 6) is -0.481. The summed E-state index contributed by atoms with van der Waals surface area (Å²) in [6.45, 7) is 15.1. The highest BCUT2D eigenvalue weighted by molar-refractivity contribution is 5.46. The minimum Gasteiger partial charge on any atom is -0.388 e. The number of allylic oxidation sites excluding steroid dienone is 2. The summed E-state index contributed by atoms with van der Waals surface area (Å²) in [5, 5.41) is 53.1. The molecule has 16 atom stereocenters. The zero-order chi connectivity index (χ0) is 31.6. The predicted octanol–water partition coefficient (Wildman–Crippen LogP) is 3.04. The molecule has 44 heavy (non-hydrogen) atoms. The van der Waals surface area contributed by atoms with Gasteiger partial charge in [0.05, 0.1) is 24.4 Å². The molecule has 3 heterocycles. The first-order valence-electron chi connectivity index (χ1n) is 17.2. The molecule has 0 radical (unpaired) electrons. The summed E-state index contributed by atoms with van der Waals surface area (Å²) in [7, 11) is 0. The van der Waals surface area contributed by atoms with Crippen molar-refractivity contribution in [1.82, 2.24) is 0 Å². The first-order valence-corrected chi connectivity index (χ1v) is 17.2. The third-order valence-electron chi connectivity index (χ3n) is 15.3. The van der Waals surface area contributed by atoms with E-state index in [4.69, 9.17) is 18.9 Å². The van der Waals surface area contributed by atoms with Crippen molar-refractivity contribution in [1.29, 1.82) is 0 Å². The minimum absolute atomic E-state index is 0.00409. The second-order valence-corrected chi connectivity index (χ2v) is 17.9. The SMILES string of the molecule is C[C@H]1[C@H]2[C@H](C[C@@]3(C)C4=CC[C@H]5C(C)(C)[C@@H](O[C@@H]6OC[C@@H](O)[C@H](O)[C@H]6O)CC[C@@]56C[C@@]46CC[C@]23C)O[C@@]2(O[C@H]2C(C)(C)O)[C@@H]1O. The first-order chi connectivity index (χ1) is 20.4. The van der Waals surface area contributed by atoms with E-state index in [0.717, 1.165) is 38.5 Å². The molecule has 0 aromatic carbocycles. The van der Waals surface area contributed by atoms with Crippen LogP contribution in [0.25, 0.3) is 0 Å². The van der Waals surface area contributed by atoms with Crippen LogP contribution in [-0.4, -0.2) is 92.5 Å². The highest BCUT2D eigenvalue weighted by atomic mass is 16.8. The summed E-state index contributed by atoms with van der Waals surface area (Å²) < 4.78 is 24.9. The van der Waals surface area contributed by atoms with Gasteiger partial charge in [-0.1, -0.05) is 46.3 Å². The number of hydrogen-bond acceptors (Lipinski definition) is 9. The lowest BCUT2D eigenvalue weighted by molar-refractivity contribution is -0.300. The standard InChI is InChI=1S/C35H54O9/c1-17-23-19(43-35(26(17)39)28(44-35)30(4,5)40)14-32(7)21-9-8-20-29(2,3)22(42-27-25(38)24(37)18(36)15-41-27)10-11-33(20)16-34(21,33)13-12-31(23,32)6/h9,17-20,22-28,36-40H,8,10-16H2,1-7H3/t17-,18+,19-,20-,22-,23-,24-,25+,26+,27-,28-,31+,32-,33+,34-,35+/m0/s1. The maximum Gasteiger partial charge on any atom is 0.225 e. The van der Waals surface area contributed by atoms with E-state index in [1.165, 1.54) is 6.42 Å². The van der Waals surface area contributed by atoms with Gasteiger partial charge >= 0.3 is 0 Å². The highest BCUT2D eigenvalue weighted by Crippen LogP contribution is 2.88. The Morgan fingerprint density at radius 2 is 1.70 bits per heavy atom. The molecule has 7 fully saturated rings. The fourth-order valence-corrected chi connectivity index (χ4v) is 12.9. The van der Waals surface area contributed by atoms with Crippen LogP contribution in [0.1, 0.15) is 93.4 Å². The number of fused-ring (bicyclic) bond motifs is 4. The smallest absolute Gasteiger partial charge is 0.225 e. The van der Waals surface area contributed by atoms with Crippen molar-refractivity contribution in [2.45, 2.75) is 154 Å². The fraction of sp³-hybridized carbons (Fsp3) is 0.943. The molecule has 0 amide bonds. The van der Waals surface area contributed by atoms with Crippen molar-refractivity contribution >= 4 is 0 Å². The molecule has 0 aromatic heterocycles. The zero-order valence-corrected chi connectivity index (χ0v) is 27.5. The Morgan fingerprint density at radius 3 is 2.39 bits per heavy atom. The van der Waals surface area contributed by atoms with Crippen LogP contribution in [0.2, 0.25) is 0 Å². The van der Waals surface area contributed by atoms with Crippen molar-refractivity contribution in [2.75, 3.05) is 6.61 Å². The maximum absolute atomic E-state index is 11.6. The van der Waals surface area contributed by atoms with E-state index in [9.17, 15) is 25.5 Å². The Labute approximate surface area is 261 Å². The number of rotatable bonds is 3. The molecule has 5 N–H and O–H groups in total. The molecule has 3 saturated heterocycles. The molecule has 4 saturated carbocycles. The van der Waals surface area contributed by atoms with Crippen LogP contribution in [0.3, 0.4) is 0 Å². The first kappa shape index (κ1) is 30.7. The molecule has 3 spiro atoms. The van der Waals surface area contributed by atoms with Crippen molar-refractivity contribution in [3.05, 3.63) is 11.6 Å². The Hall–Kier alpha value is -0.620. The van der Waals surface area contributed by atoms with E-state index in [2.05, 4.69) is 40.7 Å². The van der Waals surface area contributed by atoms with Gasteiger partial charge in [0.15, 0.2) is 6.29 Å². The van der Waals surface area contributed by atoms with Crippen LogP contribution in [0.5, 0.6) is 0 Å². The summed E-state index contributed by atoms with van der Waals surface area (Å²) in [6.07, 6.45) is 3.77. The molecule has 0 unspecified atom stereocenters. The monoisotopic (exact) mass is 618 g/mol. The largest absolute Gasteiger partial charge is 0.388 e. The van der Waals surface area contributed by atoms with Crippen LogP contribution >= 0.6 is 0 Å². The Morgan fingerprint density at radius 1 is 0.977 bits per heavy atom. The van der Waals surface area contributed by atoms with Gasteiger partial charge in [-0.05, 0) is 104 Å². The second-order valence-electron chi connectivity index (χ2n) is 17.9.